The largest absolute Gasteiger partial charge is 0.487 e. The van der Waals surface area contributed by atoms with Crippen LogP contribution >= 0.6 is 23.2 Å². The lowest BCUT2D eigenvalue weighted by Crippen LogP contribution is -2.51. The van der Waals surface area contributed by atoms with Gasteiger partial charge in [0.05, 0.1) is 28.0 Å². The summed E-state index contributed by atoms with van der Waals surface area (Å²) in [7, 11) is -3.78. The molecule has 0 saturated carbocycles. The highest BCUT2D eigenvalue weighted by atomic mass is 35.5. The summed E-state index contributed by atoms with van der Waals surface area (Å²) in [5.41, 5.74) is 0.759. The van der Waals surface area contributed by atoms with Crippen molar-refractivity contribution >= 4 is 44.8 Å². The van der Waals surface area contributed by atoms with E-state index in [1.165, 1.54) is 18.2 Å². The number of halogens is 2. The molecule has 2 atom stereocenters. The van der Waals surface area contributed by atoms with Crippen LogP contribution in [0, 0.1) is 0 Å². The molecule has 1 aliphatic heterocycles. The molecule has 6 nitrogen and oxygen atoms in total. The van der Waals surface area contributed by atoms with Crippen molar-refractivity contribution in [3.63, 3.8) is 0 Å². The first-order valence-corrected chi connectivity index (χ1v) is 13.1. The highest BCUT2D eigenvalue weighted by Crippen LogP contribution is 2.42. The molecule has 174 valence electrons. The van der Waals surface area contributed by atoms with Crippen LogP contribution in [0.1, 0.15) is 51.6 Å². The molecule has 2 aromatic carbocycles. The normalized spacial score (nSPS) is 18.2. The maximum Gasteiger partial charge on any atom is 0.244 e. The number of carbonyl (C=O) groups is 1. The summed E-state index contributed by atoms with van der Waals surface area (Å²) >= 11 is 12.1. The van der Waals surface area contributed by atoms with Gasteiger partial charge in [0.1, 0.15) is 17.4 Å². The number of hydrogen-bond donors (Lipinski definition) is 1. The quantitative estimate of drug-likeness (QED) is 0.558. The fourth-order valence-electron chi connectivity index (χ4n) is 4.15. The fourth-order valence-corrected chi connectivity index (χ4v) is 5.61. The molecule has 2 aromatic rings. The zero-order valence-corrected chi connectivity index (χ0v) is 20.9. The molecular weight excluding hydrogens is 471 g/mol. The second-order valence-electron chi connectivity index (χ2n) is 8.13. The number of hydrogen-bond acceptors (Lipinski definition) is 4. The van der Waals surface area contributed by atoms with Crippen molar-refractivity contribution in [2.24, 2.45) is 0 Å². The second kappa shape index (κ2) is 9.49. The Labute approximate surface area is 199 Å². The lowest BCUT2D eigenvalue weighted by molar-refractivity contribution is -0.123. The average Bonchev–Trinajstić information content (AvgIpc) is 2.75. The van der Waals surface area contributed by atoms with E-state index in [0.29, 0.717) is 11.4 Å². The number of rotatable bonds is 7. The van der Waals surface area contributed by atoms with Gasteiger partial charge in [-0.05, 0) is 44.0 Å². The zero-order chi connectivity index (χ0) is 23.7. The third-order valence-corrected chi connectivity index (χ3v) is 8.03. The third-order valence-electron chi connectivity index (χ3n) is 6.05. The molecular formula is C23H28Cl2N2O4S. The van der Waals surface area contributed by atoms with Crippen molar-refractivity contribution in [3.05, 3.63) is 58.1 Å². The van der Waals surface area contributed by atoms with Gasteiger partial charge in [0.15, 0.2) is 0 Å². The van der Waals surface area contributed by atoms with Crippen molar-refractivity contribution in [1.29, 1.82) is 0 Å². The third kappa shape index (κ3) is 5.00. The Kier molecular flexibility index (Phi) is 7.32. The van der Waals surface area contributed by atoms with Crippen LogP contribution in [0.5, 0.6) is 5.75 Å². The Morgan fingerprint density at radius 3 is 2.44 bits per heavy atom. The van der Waals surface area contributed by atoms with Gasteiger partial charge in [0.25, 0.3) is 0 Å². The van der Waals surface area contributed by atoms with Crippen LogP contribution in [0.2, 0.25) is 10.0 Å². The number of anilines is 1. The first-order valence-electron chi connectivity index (χ1n) is 10.5. The van der Waals surface area contributed by atoms with Gasteiger partial charge in [-0.15, -0.1) is 0 Å². The molecule has 9 heteroatoms. The Hall–Kier alpha value is -1.96. The summed E-state index contributed by atoms with van der Waals surface area (Å²) < 4.78 is 32.6. The van der Waals surface area contributed by atoms with Crippen LogP contribution in [0.15, 0.2) is 42.5 Å². The van der Waals surface area contributed by atoms with E-state index < -0.39 is 27.6 Å². The monoisotopic (exact) mass is 498 g/mol. The fraction of sp³-hybridized carbons (Fsp3) is 0.435. The number of para-hydroxylation sites is 1. The first kappa shape index (κ1) is 24.7. The Morgan fingerprint density at radius 1 is 1.19 bits per heavy atom. The van der Waals surface area contributed by atoms with Crippen LogP contribution in [0.4, 0.5) is 5.69 Å². The highest BCUT2D eigenvalue weighted by molar-refractivity contribution is 7.92. The minimum Gasteiger partial charge on any atom is -0.487 e. The summed E-state index contributed by atoms with van der Waals surface area (Å²) in [4.78, 5) is 13.3. The number of ether oxygens (including phenoxy) is 1. The Balaban J connectivity index is 1.92. The molecule has 1 N–H and O–H groups in total. The zero-order valence-electron chi connectivity index (χ0n) is 18.6. The van der Waals surface area contributed by atoms with Gasteiger partial charge < -0.3 is 10.1 Å². The smallest absolute Gasteiger partial charge is 0.244 e. The lowest BCUT2D eigenvalue weighted by Gasteiger charge is -2.42. The molecule has 3 rings (SSSR count). The van der Waals surface area contributed by atoms with Crippen LogP contribution in [0.3, 0.4) is 0 Å². The summed E-state index contributed by atoms with van der Waals surface area (Å²) in [5, 5.41) is 3.57. The molecule has 0 aromatic heterocycles. The van der Waals surface area contributed by atoms with Gasteiger partial charge in [-0.3, -0.25) is 9.10 Å². The maximum absolute atomic E-state index is 13.3. The number of fused-ring (bicyclic) bond motifs is 1. The molecule has 1 aliphatic rings. The van der Waals surface area contributed by atoms with E-state index in [2.05, 4.69) is 19.2 Å². The number of benzene rings is 2. The van der Waals surface area contributed by atoms with Crippen LogP contribution in [0.25, 0.3) is 0 Å². The van der Waals surface area contributed by atoms with Crippen molar-refractivity contribution < 1.29 is 17.9 Å². The van der Waals surface area contributed by atoms with Gasteiger partial charge in [0.2, 0.25) is 15.9 Å². The molecule has 1 heterocycles. The molecule has 2 unspecified atom stereocenters. The highest BCUT2D eigenvalue weighted by Gasteiger charge is 2.40. The van der Waals surface area contributed by atoms with E-state index in [4.69, 9.17) is 27.9 Å². The van der Waals surface area contributed by atoms with Gasteiger partial charge in [0, 0.05) is 12.0 Å². The number of amides is 1. The van der Waals surface area contributed by atoms with Crippen LogP contribution in [-0.2, 0) is 14.8 Å². The molecule has 0 radical (unpaired) electrons. The Morgan fingerprint density at radius 2 is 1.84 bits per heavy atom. The predicted molar refractivity (Wildman–Crippen MR) is 129 cm³/mol. The van der Waals surface area contributed by atoms with E-state index in [1.807, 2.05) is 24.3 Å². The van der Waals surface area contributed by atoms with E-state index in [1.54, 1.807) is 6.92 Å². The molecule has 0 spiro atoms. The summed E-state index contributed by atoms with van der Waals surface area (Å²) in [6, 6.07) is 10.8. The number of sulfonamides is 1. The van der Waals surface area contributed by atoms with Crippen molar-refractivity contribution in [2.45, 2.75) is 57.7 Å². The average molecular weight is 499 g/mol. The molecule has 0 bridgehead atoms. The van der Waals surface area contributed by atoms with Gasteiger partial charge in [-0.25, -0.2) is 8.42 Å². The summed E-state index contributed by atoms with van der Waals surface area (Å²) in [6.45, 7) is 5.68. The van der Waals surface area contributed by atoms with Crippen molar-refractivity contribution in [1.82, 2.24) is 5.32 Å². The second-order valence-corrected chi connectivity index (χ2v) is 10.8. The van der Waals surface area contributed by atoms with Crippen molar-refractivity contribution in [3.8, 4) is 5.75 Å². The van der Waals surface area contributed by atoms with Crippen molar-refractivity contribution in [2.75, 3.05) is 10.6 Å². The number of nitrogens with one attached hydrogen (secondary N) is 1. The van der Waals surface area contributed by atoms with Gasteiger partial charge >= 0.3 is 0 Å². The summed E-state index contributed by atoms with van der Waals surface area (Å²) in [6.07, 6.45) is 3.24. The topological polar surface area (TPSA) is 75.7 Å². The van der Waals surface area contributed by atoms with Gasteiger partial charge in [-0.1, -0.05) is 55.2 Å². The summed E-state index contributed by atoms with van der Waals surface area (Å²) in [5.74, 6) is 0.328. The van der Waals surface area contributed by atoms with Crippen LogP contribution < -0.4 is 14.4 Å². The molecule has 0 fully saturated rings. The molecule has 0 saturated heterocycles. The lowest BCUT2D eigenvalue weighted by atomic mass is 9.83. The minimum absolute atomic E-state index is 0.208. The van der Waals surface area contributed by atoms with E-state index in [-0.39, 0.29) is 16.8 Å². The Bertz CT molecular complexity index is 1100. The first-order chi connectivity index (χ1) is 15.0. The molecule has 1 amide bonds. The van der Waals surface area contributed by atoms with E-state index in [0.717, 1.165) is 34.7 Å². The van der Waals surface area contributed by atoms with Crippen LogP contribution in [-0.4, -0.2) is 32.2 Å². The SMILES string of the molecule is CCC1(CC)CC(NC(=O)C(C)N(c2ccc(Cl)c(Cl)c2)S(C)(=O)=O)c2ccccc2O1. The molecule has 0 aliphatic carbocycles. The van der Waals surface area contributed by atoms with E-state index >= 15 is 0 Å². The standard InChI is InChI=1S/C23H28Cl2N2O4S/c1-5-23(6-2)14-20(17-9-7-8-10-21(17)31-23)26-22(28)15(3)27(32(4,29)30)16-11-12-18(24)19(25)13-16/h7-13,15,20H,5-6,14H2,1-4H3,(H,26,28). The number of nitrogens with zero attached hydrogens (tertiary/aromatic N) is 1. The molecule has 32 heavy (non-hydrogen) atoms. The minimum atomic E-state index is -3.78. The predicted octanol–water partition coefficient (Wildman–Crippen LogP) is 5.35. The van der Waals surface area contributed by atoms with Gasteiger partial charge in [-0.2, -0.15) is 0 Å². The maximum atomic E-state index is 13.3. The number of carbonyl (C=O) groups excluding carboxylic acids is 1. The van der Waals surface area contributed by atoms with E-state index in [9.17, 15) is 13.2 Å².